The van der Waals surface area contributed by atoms with Crippen LogP contribution in [0.3, 0.4) is 0 Å². The second-order valence-corrected chi connectivity index (χ2v) is 5.27. The van der Waals surface area contributed by atoms with Crippen LogP contribution in [-0.4, -0.2) is 15.7 Å². The van der Waals surface area contributed by atoms with E-state index in [9.17, 15) is 0 Å². The first kappa shape index (κ1) is 13.2. The van der Waals surface area contributed by atoms with Gasteiger partial charge in [0.15, 0.2) is 4.77 Å². The van der Waals surface area contributed by atoms with Gasteiger partial charge in [-0.05, 0) is 38.2 Å². The largest absolute Gasteiger partial charge is 0.489 e. The third-order valence-electron chi connectivity index (χ3n) is 2.46. The standard InChI is InChI=1S/C13H15ClN2OS/c1-8(2)17-11-6-4-5-10-12(11)15-13(18)16(10)7-9(3)14/h4-6,8H,3,7H2,1-2H3,(H,15,18). The maximum absolute atomic E-state index is 5.86. The molecule has 18 heavy (non-hydrogen) atoms. The van der Waals surface area contributed by atoms with Crippen LogP contribution in [0, 0.1) is 4.77 Å². The summed E-state index contributed by atoms with van der Waals surface area (Å²) in [7, 11) is 0. The van der Waals surface area contributed by atoms with Gasteiger partial charge in [0.1, 0.15) is 11.3 Å². The minimum absolute atomic E-state index is 0.115. The fraction of sp³-hybridized carbons (Fsp3) is 0.308. The summed E-state index contributed by atoms with van der Waals surface area (Å²) in [5.74, 6) is 0.799. The van der Waals surface area contributed by atoms with Crippen LogP contribution in [0.2, 0.25) is 0 Å². The molecule has 0 bridgehead atoms. The Bertz CT molecular complexity index is 642. The average molecular weight is 283 g/mol. The predicted molar refractivity (Wildman–Crippen MR) is 77.9 cm³/mol. The molecule has 0 saturated carbocycles. The van der Waals surface area contributed by atoms with Crippen LogP contribution < -0.4 is 4.74 Å². The van der Waals surface area contributed by atoms with E-state index in [1.807, 2.05) is 36.6 Å². The van der Waals surface area contributed by atoms with Gasteiger partial charge in [0, 0.05) is 5.03 Å². The van der Waals surface area contributed by atoms with Gasteiger partial charge < -0.3 is 14.3 Å². The third kappa shape index (κ3) is 2.60. The average Bonchev–Trinajstić information content (AvgIpc) is 2.56. The summed E-state index contributed by atoms with van der Waals surface area (Å²) in [5, 5.41) is 0.544. The van der Waals surface area contributed by atoms with Crippen molar-refractivity contribution in [3.8, 4) is 5.75 Å². The predicted octanol–water partition coefficient (Wildman–Crippen LogP) is 4.24. The number of fused-ring (bicyclic) bond motifs is 1. The molecule has 0 spiro atoms. The number of hydrogen-bond acceptors (Lipinski definition) is 2. The summed E-state index contributed by atoms with van der Waals surface area (Å²) < 4.78 is 8.28. The maximum atomic E-state index is 5.86. The number of hydrogen-bond donors (Lipinski definition) is 1. The van der Waals surface area contributed by atoms with Gasteiger partial charge in [0.25, 0.3) is 0 Å². The van der Waals surface area contributed by atoms with Crippen molar-refractivity contribution in [3.05, 3.63) is 34.6 Å². The number of allylic oxidation sites excluding steroid dienone is 1. The number of ether oxygens (including phenoxy) is 1. The summed E-state index contributed by atoms with van der Waals surface area (Å²) in [4.78, 5) is 3.16. The monoisotopic (exact) mass is 282 g/mol. The number of H-pyrrole nitrogens is 1. The first-order valence-electron chi connectivity index (χ1n) is 5.70. The highest BCUT2D eigenvalue weighted by Gasteiger charge is 2.10. The van der Waals surface area contributed by atoms with Gasteiger partial charge in [-0.15, -0.1) is 0 Å². The number of nitrogens with one attached hydrogen (secondary N) is 1. The zero-order valence-corrected chi connectivity index (χ0v) is 11.9. The summed E-state index contributed by atoms with van der Waals surface area (Å²) in [5.41, 5.74) is 1.87. The van der Waals surface area contributed by atoms with Crippen LogP contribution >= 0.6 is 23.8 Å². The minimum Gasteiger partial charge on any atom is -0.489 e. The van der Waals surface area contributed by atoms with E-state index < -0.39 is 0 Å². The Balaban J connectivity index is 2.59. The molecule has 1 heterocycles. The molecule has 2 rings (SSSR count). The highest BCUT2D eigenvalue weighted by molar-refractivity contribution is 7.71. The lowest BCUT2D eigenvalue weighted by molar-refractivity contribution is 0.245. The van der Waals surface area contributed by atoms with Crippen LogP contribution in [0.15, 0.2) is 29.8 Å². The zero-order valence-electron chi connectivity index (χ0n) is 10.4. The Kier molecular flexibility index (Phi) is 3.78. The molecule has 0 atom stereocenters. The van der Waals surface area contributed by atoms with Crippen molar-refractivity contribution in [1.82, 2.24) is 9.55 Å². The van der Waals surface area contributed by atoms with Crippen LogP contribution in [0.25, 0.3) is 11.0 Å². The van der Waals surface area contributed by atoms with Crippen molar-refractivity contribution in [2.24, 2.45) is 0 Å². The van der Waals surface area contributed by atoms with Gasteiger partial charge in [-0.25, -0.2) is 0 Å². The second kappa shape index (κ2) is 5.16. The number of aromatic nitrogens is 2. The number of rotatable bonds is 4. The lowest BCUT2D eigenvalue weighted by Gasteiger charge is -2.10. The van der Waals surface area contributed by atoms with Crippen molar-refractivity contribution in [1.29, 1.82) is 0 Å². The van der Waals surface area contributed by atoms with Crippen LogP contribution in [-0.2, 0) is 6.54 Å². The molecule has 0 fully saturated rings. The number of nitrogens with zero attached hydrogens (tertiary/aromatic N) is 1. The maximum Gasteiger partial charge on any atom is 0.178 e. The van der Waals surface area contributed by atoms with E-state index >= 15 is 0 Å². The fourth-order valence-corrected chi connectivity index (χ4v) is 2.22. The van der Waals surface area contributed by atoms with E-state index in [2.05, 4.69) is 11.6 Å². The van der Waals surface area contributed by atoms with Gasteiger partial charge >= 0.3 is 0 Å². The molecule has 96 valence electrons. The molecule has 0 aliphatic carbocycles. The van der Waals surface area contributed by atoms with Gasteiger partial charge in [0.2, 0.25) is 0 Å². The SMILES string of the molecule is C=C(Cl)Cn1c(=S)[nH]c2c(OC(C)C)cccc21. The molecule has 2 aromatic rings. The van der Waals surface area contributed by atoms with Crippen molar-refractivity contribution >= 4 is 34.9 Å². The Hall–Kier alpha value is -1.26. The molecule has 0 saturated heterocycles. The topological polar surface area (TPSA) is 29.9 Å². The van der Waals surface area contributed by atoms with Gasteiger partial charge in [0.05, 0.1) is 18.2 Å². The molecule has 1 aromatic heterocycles. The summed E-state index contributed by atoms with van der Waals surface area (Å²) in [6.07, 6.45) is 0.115. The van der Waals surface area contributed by atoms with Crippen LogP contribution in [0.4, 0.5) is 0 Å². The second-order valence-electron chi connectivity index (χ2n) is 4.35. The molecule has 0 radical (unpaired) electrons. The summed E-state index contributed by atoms with van der Waals surface area (Å²) in [6, 6.07) is 5.85. The van der Waals surface area contributed by atoms with Crippen LogP contribution in [0.5, 0.6) is 5.75 Å². The molecule has 0 aliphatic heterocycles. The van der Waals surface area contributed by atoms with Gasteiger partial charge in [-0.3, -0.25) is 0 Å². The van der Waals surface area contributed by atoms with Crippen LogP contribution in [0.1, 0.15) is 13.8 Å². The Morgan fingerprint density at radius 2 is 2.28 bits per heavy atom. The Labute approximate surface area is 116 Å². The van der Waals surface area contributed by atoms with E-state index in [0.717, 1.165) is 16.8 Å². The minimum atomic E-state index is 0.115. The van der Waals surface area contributed by atoms with E-state index in [-0.39, 0.29) is 6.10 Å². The molecule has 1 aromatic carbocycles. The molecule has 0 aliphatic rings. The van der Waals surface area contributed by atoms with Crippen molar-refractivity contribution in [2.45, 2.75) is 26.5 Å². The number of aromatic amines is 1. The molecule has 0 unspecified atom stereocenters. The molecule has 3 nitrogen and oxygen atoms in total. The number of benzene rings is 1. The lowest BCUT2D eigenvalue weighted by Crippen LogP contribution is -2.05. The third-order valence-corrected chi connectivity index (χ3v) is 2.91. The Morgan fingerprint density at radius 3 is 2.89 bits per heavy atom. The first-order chi connectivity index (χ1) is 8.49. The van der Waals surface area contributed by atoms with Crippen molar-refractivity contribution in [3.63, 3.8) is 0 Å². The molecule has 1 N–H and O–H groups in total. The van der Waals surface area contributed by atoms with Gasteiger partial charge in [-0.2, -0.15) is 0 Å². The summed E-state index contributed by atoms with van der Waals surface area (Å²) in [6.45, 7) is 8.18. The quantitative estimate of drug-likeness (QED) is 0.850. The highest BCUT2D eigenvalue weighted by atomic mass is 35.5. The number of halogens is 1. The van der Waals surface area contributed by atoms with E-state index in [1.165, 1.54) is 0 Å². The highest BCUT2D eigenvalue weighted by Crippen LogP contribution is 2.26. The fourth-order valence-electron chi connectivity index (χ4n) is 1.83. The van der Waals surface area contributed by atoms with Crippen molar-refractivity contribution in [2.75, 3.05) is 0 Å². The zero-order chi connectivity index (χ0) is 13.3. The normalized spacial score (nSPS) is 11.1. The number of imidazole rings is 1. The Morgan fingerprint density at radius 1 is 1.56 bits per heavy atom. The molecular formula is C13H15ClN2OS. The first-order valence-corrected chi connectivity index (χ1v) is 6.49. The van der Waals surface area contributed by atoms with Gasteiger partial charge in [-0.1, -0.05) is 24.2 Å². The summed E-state index contributed by atoms with van der Waals surface area (Å²) >= 11 is 11.2. The van der Waals surface area contributed by atoms with E-state index in [4.69, 9.17) is 28.6 Å². The molecular weight excluding hydrogens is 268 g/mol. The van der Waals surface area contributed by atoms with E-state index in [1.54, 1.807) is 0 Å². The van der Waals surface area contributed by atoms with E-state index in [0.29, 0.717) is 16.3 Å². The smallest absolute Gasteiger partial charge is 0.178 e. The number of para-hydroxylation sites is 1. The lowest BCUT2D eigenvalue weighted by atomic mass is 10.3. The molecule has 0 amide bonds. The molecule has 5 heteroatoms. The van der Waals surface area contributed by atoms with Crippen molar-refractivity contribution < 1.29 is 4.74 Å².